The zero-order valence-corrected chi connectivity index (χ0v) is 16.2. The lowest BCUT2D eigenvalue weighted by Gasteiger charge is -2.10. The highest BCUT2D eigenvalue weighted by molar-refractivity contribution is 5.92. The molecule has 150 valence electrons. The van der Waals surface area contributed by atoms with Crippen molar-refractivity contribution in [3.05, 3.63) is 53.2 Å². The minimum absolute atomic E-state index is 0.0199. The molecule has 9 heteroatoms. The summed E-state index contributed by atoms with van der Waals surface area (Å²) in [7, 11) is 0. The SMILES string of the molecule is Cc1ccc(-c2noc(C)c2COc2ccc(C(=O)NC3CCOC3)nn2)cn1. The van der Waals surface area contributed by atoms with Crippen LogP contribution in [0.1, 0.15) is 33.9 Å². The lowest BCUT2D eigenvalue weighted by Crippen LogP contribution is -2.35. The molecule has 0 aliphatic carbocycles. The third-order valence-electron chi connectivity index (χ3n) is 4.67. The summed E-state index contributed by atoms with van der Waals surface area (Å²) in [6.45, 7) is 5.14. The van der Waals surface area contributed by atoms with E-state index >= 15 is 0 Å². The van der Waals surface area contributed by atoms with Crippen molar-refractivity contribution in [2.24, 2.45) is 0 Å². The molecular formula is C20H21N5O4. The smallest absolute Gasteiger partial charge is 0.272 e. The topological polar surface area (TPSA) is 112 Å². The van der Waals surface area contributed by atoms with Gasteiger partial charge in [0.15, 0.2) is 5.69 Å². The van der Waals surface area contributed by atoms with Crippen LogP contribution in [0, 0.1) is 13.8 Å². The van der Waals surface area contributed by atoms with Crippen LogP contribution in [0.4, 0.5) is 0 Å². The van der Waals surface area contributed by atoms with Crippen LogP contribution in [-0.4, -0.2) is 45.5 Å². The maximum absolute atomic E-state index is 12.2. The van der Waals surface area contributed by atoms with Crippen LogP contribution in [0.25, 0.3) is 11.3 Å². The van der Waals surface area contributed by atoms with Crippen LogP contribution in [0.5, 0.6) is 5.88 Å². The molecule has 1 saturated heterocycles. The van der Waals surface area contributed by atoms with Crippen LogP contribution in [0.3, 0.4) is 0 Å². The second-order valence-corrected chi connectivity index (χ2v) is 6.83. The molecule has 0 bridgehead atoms. The van der Waals surface area contributed by atoms with Crippen molar-refractivity contribution >= 4 is 5.91 Å². The van der Waals surface area contributed by atoms with Crippen LogP contribution < -0.4 is 10.1 Å². The van der Waals surface area contributed by atoms with E-state index in [1.165, 1.54) is 0 Å². The molecule has 29 heavy (non-hydrogen) atoms. The fraction of sp³-hybridized carbons (Fsp3) is 0.350. The highest BCUT2D eigenvalue weighted by Gasteiger charge is 2.20. The zero-order chi connectivity index (χ0) is 20.2. The van der Waals surface area contributed by atoms with Gasteiger partial charge in [-0.15, -0.1) is 10.2 Å². The van der Waals surface area contributed by atoms with Gasteiger partial charge in [-0.05, 0) is 38.5 Å². The Morgan fingerprint density at radius 3 is 2.83 bits per heavy atom. The molecule has 1 amide bonds. The quantitative estimate of drug-likeness (QED) is 0.676. The number of amides is 1. The molecule has 1 unspecified atom stereocenters. The molecule has 3 aromatic heterocycles. The molecule has 0 saturated carbocycles. The molecule has 4 heterocycles. The molecule has 9 nitrogen and oxygen atoms in total. The van der Waals surface area contributed by atoms with Crippen molar-refractivity contribution in [1.29, 1.82) is 0 Å². The molecule has 1 N–H and O–H groups in total. The summed E-state index contributed by atoms with van der Waals surface area (Å²) in [4.78, 5) is 16.5. The number of aromatic nitrogens is 4. The average molecular weight is 395 g/mol. The Labute approximate surface area is 167 Å². The van der Waals surface area contributed by atoms with E-state index in [1.807, 2.05) is 26.0 Å². The predicted molar refractivity (Wildman–Crippen MR) is 102 cm³/mol. The number of hydrogen-bond acceptors (Lipinski definition) is 8. The number of pyridine rings is 1. The number of carbonyl (C=O) groups excluding carboxylic acids is 1. The van der Waals surface area contributed by atoms with Gasteiger partial charge in [0.2, 0.25) is 5.88 Å². The number of carbonyl (C=O) groups is 1. The molecular weight excluding hydrogens is 374 g/mol. The van der Waals surface area contributed by atoms with Crippen molar-refractivity contribution in [1.82, 2.24) is 25.7 Å². The molecule has 1 aliphatic rings. The lowest BCUT2D eigenvalue weighted by atomic mass is 10.1. The first-order chi connectivity index (χ1) is 14.1. The standard InChI is InChI=1S/C20H21N5O4/c1-12-3-4-14(9-21-12)19-16(13(2)29-25-19)11-28-18-6-5-17(23-24-18)20(26)22-15-7-8-27-10-15/h3-6,9,15H,7-8,10-11H2,1-2H3,(H,22,26). The molecule has 0 radical (unpaired) electrons. The van der Waals surface area contributed by atoms with Gasteiger partial charge in [0, 0.05) is 30.1 Å². The van der Waals surface area contributed by atoms with Gasteiger partial charge < -0.3 is 19.3 Å². The van der Waals surface area contributed by atoms with E-state index in [0.29, 0.717) is 30.5 Å². The van der Waals surface area contributed by atoms with E-state index in [4.69, 9.17) is 14.0 Å². The number of nitrogens with one attached hydrogen (secondary N) is 1. The van der Waals surface area contributed by atoms with Crippen LogP contribution >= 0.6 is 0 Å². The summed E-state index contributed by atoms with van der Waals surface area (Å²) in [5.41, 5.74) is 3.49. The maximum atomic E-state index is 12.2. The van der Waals surface area contributed by atoms with E-state index in [9.17, 15) is 4.79 Å². The second kappa shape index (κ2) is 8.36. The Hall–Kier alpha value is -3.33. The van der Waals surface area contributed by atoms with Crippen molar-refractivity contribution in [3.63, 3.8) is 0 Å². The summed E-state index contributed by atoms with van der Waals surface area (Å²) in [6.07, 6.45) is 2.55. The Balaban J connectivity index is 1.41. The van der Waals surface area contributed by atoms with Crippen molar-refractivity contribution in [3.8, 4) is 17.1 Å². The van der Waals surface area contributed by atoms with Crippen LogP contribution in [0.2, 0.25) is 0 Å². The van der Waals surface area contributed by atoms with Gasteiger partial charge in [-0.3, -0.25) is 9.78 Å². The van der Waals surface area contributed by atoms with Crippen molar-refractivity contribution in [2.75, 3.05) is 13.2 Å². The first-order valence-electron chi connectivity index (χ1n) is 9.33. The second-order valence-electron chi connectivity index (χ2n) is 6.83. The minimum Gasteiger partial charge on any atom is -0.472 e. The highest BCUT2D eigenvalue weighted by atomic mass is 16.5. The molecule has 0 aromatic carbocycles. The Morgan fingerprint density at radius 2 is 2.14 bits per heavy atom. The van der Waals surface area contributed by atoms with Crippen molar-refractivity contribution < 1.29 is 18.8 Å². The van der Waals surface area contributed by atoms with E-state index in [-0.39, 0.29) is 24.2 Å². The van der Waals surface area contributed by atoms with Gasteiger partial charge in [0.25, 0.3) is 5.91 Å². The van der Waals surface area contributed by atoms with Gasteiger partial charge in [-0.25, -0.2) is 0 Å². The van der Waals surface area contributed by atoms with E-state index in [2.05, 4.69) is 25.7 Å². The minimum atomic E-state index is -0.274. The molecule has 1 atom stereocenters. The lowest BCUT2D eigenvalue weighted by molar-refractivity contribution is 0.0923. The first-order valence-corrected chi connectivity index (χ1v) is 9.33. The Morgan fingerprint density at radius 1 is 1.24 bits per heavy atom. The first kappa shape index (κ1) is 19.0. The average Bonchev–Trinajstić information content (AvgIpc) is 3.37. The molecule has 1 aliphatic heterocycles. The van der Waals surface area contributed by atoms with Gasteiger partial charge in [-0.1, -0.05) is 5.16 Å². The third-order valence-corrected chi connectivity index (χ3v) is 4.67. The van der Waals surface area contributed by atoms with Crippen molar-refractivity contribution in [2.45, 2.75) is 32.9 Å². The number of ether oxygens (including phenoxy) is 2. The Bertz CT molecular complexity index is 979. The molecule has 3 aromatic rings. The number of hydrogen-bond donors (Lipinski definition) is 1. The summed E-state index contributed by atoms with van der Waals surface area (Å²) in [5.74, 6) is 0.686. The monoisotopic (exact) mass is 395 g/mol. The van der Waals surface area contributed by atoms with Crippen LogP contribution in [-0.2, 0) is 11.3 Å². The summed E-state index contributed by atoms with van der Waals surface area (Å²) in [5, 5.41) is 14.9. The van der Waals surface area contributed by atoms with Gasteiger partial charge in [0.1, 0.15) is 18.1 Å². The summed E-state index contributed by atoms with van der Waals surface area (Å²) < 4.78 is 16.3. The largest absolute Gasteiger partial charge is 0.472 e. The highest BCUT2D eigenvalue weighted by Crippen LogP contribution is 2.26. The molecule has 4 rings (SSSR count). The predicted octanol–water partition coefficient (Wildman–Crippen LogP) is 2.24. The normalized spacial score (nSPS) is 16.0. The number of rotatable bonds is 6. The zero-order valence-electron chi connectivity index (χ0n) is 16.2. The third kappa shape index (κ3) is 4.40. The number of aryl methyl sites for hydroxylation is 2. The van der Waals surface area contributed by atoms with E-state index in [1.54, 1.807) is 18.3 Å². The van der Waals surface area contributed by atoms with Gasteiger partial charge in [-0.2, -0.15) is 0 Å². The molecule has 0 spiro atoms. The fourth-order valence-corrected chi connectivity index (χ4v) is 2.97. The number of nitrogens with zero attached hydrogens (tertiary/aromatic N) is 4. The Kier molecular flexibility index (Phi) is 5.48. The fourth-order valence-electron chi connectivity index (χ4n) is 2.97. The van der Waals surface area contributed by atoms with E-state index < -0.39 is 0 Å². The van der Waals surface area contributed by atoms with Crippen LogP contribution in [0.15, 0.2) is 35.0 Å². The summed E-state index contributed by atoms with van der Waals surface area (Å²) in [6, 6.07) is 7.07. The van der Waals surface area contributed by atoms with E-state index in [0.717, 1.165) is 23.2 Å². The maximum Gasteiger partial charge on any atom is 0.272 e. The summed E-state index contributed by atoms with van der Waals surface area (Å²) >= 11 is 0. The van der Waals surface area contributed by atoms with Gasteiger partial charge in [0.05, 0.1) is 18.2 Å². The molecule has 1 fully saturated rings. The van der Waals surface area contributed by atoms with Gasteiger partial charge >= 0.3 is 0 Å².